The Morgan fingerprint density at radius 3 is 2.70 bits per heavy atom. The Morgan fingerprint density at radius 1 is 1.30 bits per heavy atom. The average Bonchev–Trinajstić information content (AvgIpc) is 2.98. The highest BCUT2D eigenvalue weighted by atomic mass is 32.1. The molecule has 0 radical (unpaired) electrons. The number of ether oxygens (including phenoxy) is 1. The van der Waals surface area contributed by atoms with Crippen molar-refractivity contribution in [2.24, 2.45) is 0 Å². The van der Waals surface area contributed by atoms with Gasteiger partial charge < -0.3 is 14.5 Å². The number of hydrogen-bond acceptors (Lipinski definition) is 5. The van der Waals surface area contributed by atoms with E-state index < -0.39 is 0 Å². The van der Waals surface area contributed by atoms with E-state index in [9.17, 15) is 4.79 Å². The Kier molecular flexibility index (Phi) is 4.87. The van der Waals surface area contributed by atoms with Crippen LogP contribution in [0.5, 0.6) is 0 Å². The van der Waals surface area contributed by atoms with E-state index >= 15 is 0 Å². The molecule has 1 saturated heterocycles. The van der Waals surface area contributed by atoms with Crippen LogP contribution in [0.4, 0.5) is 5.69 Å². The molecule has 124 valence electrons. The number of carbonyl (C=O) groups is 1. The van der Waals surface area contributed by atoms with Crippen molar-refractivity contribution in [3.63, 3.8) is 0 Å². The van der Waals surface area contributed by atoms with Gasteiger partial charge in [0.05, 0.1) is 6.61 Å². The lowest BCUT2D eigenvalue weighted by Crippen LogP contribution is -2.41. The van der Waals surface area contributed by atoms with Gasteiger partial charge in [-0.2, -0.15) is 0 Å². The number of hydrogen-bond donors (Lipinski definition) is 0. The minimum Gasteiger partial charge on any atom is -0.462 e. The first kappa shape index (κ1) is 16.3. The Morgan fingerprint density at radius 2 is 2.04 bits per heavy atom. The highest BCUT2D eigenvalue weighted by Gasteiger charge is 2.21. The number of carbonyl (C=O) groups excluding carboxylic acids is 1. The molecular formula is C18H24N2O2S. The quantitative estimate of drug-likeness (QED) is 0.801. The fourth-order valence-electron chi connectivity index (χ4n) is 3.16. The number of anilines is 1. The second-order valence-corrected chi connectivity index (χ2v) is 7.32. The highest BCUT2D eigenvalue weighted by molar-refractivity contribution is 7.20. The monoisotopic (exact) mass is 332 g/mol. The lowest BCUT2D eigenvalue weighted by molar-refractivity contribution is 0.0532. The van der Waals surface area contributed by atoms with Gasteiger partial charge in [0.2, 0.25) is 0 Å². The van der Waals surface area contributed by atoms with Crippen LogP contribution >= 0.6 is 11.3 Å². The lowest BCUT2D eigenvalue weighted by atomic mass is 10.0. The summed E-state index contributed by atoms with van der Waals surface area (Å²) in [4.78, 5) is 17.3. The number of benzene rings is 1. The van der Waals surface area contributed by atoms with Crippen molar-refractivity contribution < 1.29 is 9.53 Å². The zero-order valence-corrected chi connectivity index (χ0v) is 14.9. The van der Waals surface area contributed by atoms with Crippen LogP contribution in [0.3, 0.4) is 0 Å². The largest absolute Gasteiger partial charge is 0.462 e. The molecule has 0 N–H and O–H groups in total. The summed E-state index contributed by atoms with van der Waals surface area (Å²) in [5, 5.41) is 1.12. The van der Waals surface area contributed by atoms with Crippen LogP contribution in [0.25, 0.3) is 10.1 Å². The normalized spacial score (nSPS) is 16.3. The van der Waals surface area contributed by atoms with E-state index in [1.165, 1.54) is 29.9 Å². The molecule has 0 spiro atoms. The van der Waals surface area contributed by atoms with E-state index in [0.717, 1.165) is 23.2 Å². The van der Waals surface area contributed by atoms with Gasteiger partial charge in [-0.15, -0.1) is 11.3 Å². The number of piperidine rings is 1. The number of fused-ring (bicyclic) bond motifs is 1. The van der Waals surface area contributed by atoms with Crippen LogP contribution in [0.15, 0.2) is 24.3 Å². The van der Waals surface area contributed by atoms with Crippen molar-refractivity contribution in [3.05, 3.63) is 29.1 Å². The van der Waals surface area contributed by atoms with Crippen LogP contribution in [0, 0.1) is 0 Å². The molecule has 1 fully saturated rings. The maximum atomic E-state index is 11.9. The van der Waals surface area contributed by atoms with Crippen molar-refractivity contribution in [2.75, 3.05) is 38.7 Å². The molecule has 1 aromatic heterocycles. The summed E-state index contributed by atoms with van der Waals surface area (Å²) >= 11 is 1.52. The third kappa shape index (κ3) is 3.51. The van der Waals surface area contributed by atoms with E-state index in [0.29, 0.717) is 17.5 Å². The van der Waals surface area contributed by atoms with Gasteiger partial charge in [0.1, 0.15) is 4.88 Å². The van der Waals surface area contributed by atoms with E-state index in [4.69, 9.17) is 4.74 Å². The fraction of sp³-hybridized carbons (Fsp3) is 0.500. The van der Waals surface area contributed by atoms with E-state index in [2.05, 4.69) is 42.1 Å². The molecule has 2 aromatic rings. The Hall–Kier alpha value is -1.59. The van der Waals surface area contributed by atoms with Gasteiger partial charge in [0.15, 0.2) is 0 Å². The van der Waals surface area contributed by atoms with Crippen LogP contribution in [-0.2, 0) is 4.74 Å². The predicted octanol–water partition coefficient (Wildman–Crippen LogP) is 3.61. The topological polar surface area (TPSA) is 32.8 Å². The zero-order valence-electron chi connectivity index (χ0n) is 14.0. The Bertz CT molecular complexity index is 687. The molecule has 3 rings (SSSR count). The first-order valence-electron chi connectivity index (χ1n) is 8.20. The van der Waals surface area contributed by atoms with E-state index in [1.807, 2.05) is 13.0 Å². The van der Waals surface area contributed by atoms with Crippen LogP contribution in [-0.4, -0.2) is 50.7 Å². The summed E-state index contributed by atoms with van der Waals surface area (Å²) in [5.41, 5.74) is 1.26. The maximum absolute atomic E-state index is 11.9. The summed E-state index contributed by atoms with van der Waals surface area (Å²) in [6.07, 6.45) is 2.40. The first-order chi connectivity index (χ1) is 11.1. The molecule has 1 aromatic carbocycles. The SMILES string of the molecule is CCOC(=O)c1cc2ccc(N3CCC(N(C)C)CC3)cc2s1. The van der Waals surface area contributed by atoms with Gasteiger partial charge in [-0.1, -0.05) is 6.07 Å². The summed E-state index contributed by atoms with van der Waals surface area (Å²) in [7, 11) is 4.32. The summed E-state index contributed by atoms with van der Waals surface area (Å²) < 4.78 is 6.25. The van der Waals surface area contributed by atoms with Crippen molar-refractivity contribution in [1.82, 2.24) is 4.90 Å². The summed E-state index contributed by atoms with van der Waals surface area (Å²) in [6.45, 7) is 4.43. The zero-order chi connectivity index (χ0) is 16.4. The van der Waals surface area contributed by atoms with Gasteiger partial charge in [-0.25, -0.2) is 4.79 Å². The van der Waals surface area contributed by atoms with Gasteiger partial charge in [-0.3, -0.25) is 0 Å². The summed E-state index contributed by atoms with van der Waals surface area (Å²) in [5.74, 6) is -0.220. The fourth-order valence-corrected chi connectivity index (χ4v) is 4.15. The second-order valence-electron chi connectivity index (χ2n) is 6.24. The van der Waals surface area contributed by atoms with E-state index in [-0.39, 0.29) is 5.97 Å². The van der Waals surface area contributed by atoms with Crippen LogP contribution in [0.2, 0.25) is 0 Å². The Balaban J connectivity index is 1.77. The molecule has 2 heterocycles. The Labute approximate surface area is 141 Å². The molecule has 4 nitrogen and oxygen atoms in total. The highest BCUT2D eigenvalue weighted by Crippen LogP contribution is 2.31. The molecule has 0 aliphatic carbocycles. The number of esters is 1. The third-order valence-electron chi connectivity index (χ3n) is 4.54. The van der Waals surface area contributed by atoms with Gasteiger partial charge in [0.25, 0.3) is 0 Å². The number of rotatable bonds is 4. The van der Waals surface area contributed by atoms with Gasteiger partial charge in [-0.05, 0) is 57.4 Å². The second kappa shape index (κ2) is 6.89. The van der Waals surface area contributed by atoms with Crippen molar-refractivity contribution in [2.45, 2.75) is 25.8 Å². The van der Waals surface area contributed by atoms with E-state index in [1.54, 1.807) is 0 Å². The van der Waals surface area contributed by atoms with Crippen molar-refractivity contribution in [1.29, 1.82) is 0 Å². The average molecular weight is 332 g/mol. The third-order valence-corrected chi connectivity index (χ3v) is 5.62. The van der Waals surface area contributed by atoms with Gasteiger partial charge in [0, 0.05) is 29.5 Å². The number of thiophene rings is 1. The standard InChI is InChI=1S/C18H24N2O2S/c1-4-22-18(21)17-11-13-5-6-15(12-16(13)23-17)20-9-7-14(8-10-20)19(2)3/h5-6,11-12,14H,4,7-10H2,1-3H3. The molecule has 0 saturated carbocycles. The molecule has 0 amide bonds. The minimum atomic E-state index is -0.220. The molecule has 0 atom stereocenters. The molecule has 0 unspecified atom stereocenters. The predicted molar refractivity (Wildman–Crippen MR) is 96.7 cm³/mol. The number of nitrogens with zero attached hydrogens (tertiary/aromatic N) is 2. The van der Waals surface area contributed by atoms with Gasteiger partial charge >= 0.3 is 5.97 Å². The van der Waals surface area contributed by atoms with Crippen molar-refractivity contribution >= 4 is 33.1 Å². The lowest BCUT2D eigenvalue weighted by Gasteiger charge is -2.36. The first-order valence-corrected chi connectivity index (χ1v) is 9.02. The molecule has 5 heteroatoms. The smallest absolute Gasteiger partial charge is 0.348 e. The maximum Gasteiger partial charge on any atom is 0.348 e. The molecule has 0 bridgehead atoms. The van der Waals surface area contributed by atoms with Crippen LogP contribution < -0.4 is 4.90 Å². The molecule has 1 aliphatic heterocycles. The minimum absolute atomic E-state index is 0.220. The summed E-state index contributed by atoms with van der Waals surface area (Å²) in [6, 6.07) is 9.10. The molecule has 1 aliphatic rings. The molecule has 23 heavy (non-hydrogen) atoms. The van der Waals surface area contributed by atoms with Crippen LogP contribution in [0.1, 0.15) is 29.4 Å². The molecular weight excluding hydrogens is 308 g/mol. The van der Waals surface area contributed by atoms with Crippen molar-refractivity contribution in [3.8, 4) is 0 Å².